The van der Waals surface area contributed by atoms with Crippen LogP contribution in [0.5, 0.6) is 0 Å². The lowest BCUT2D eigenvalue weighted by Crippen LogP contribution is -2.02. The molecule has 0 bridgehead atoms. The average molecular weight is 419 g/mol. The maximum absolute atomic E-state index is 14.9. The number of halogens is 3. The van der Waals surface area contributed by atoms with E-state index in [0.29, 0.717) is 22.6 Å². The molecular weight excluding hydrogens is 393 g/mol. The first-order valence-corrected chi connectivity index (χ1v) is 10.6. The Morgan fingerprint density at radius 2 is 1.45 bits per heavy atom. The standard InChI is InChI=1S/C28H25F3/c1-3-4-19-6-8-20(9-7-19)23-14-16-24(26(29)17-23)21-10-12-22(13-11-21)25-15-5-18(2)27(30)28(25)31/h3-5,8,10-17,19H,6-7,9H2,1-2H3. The van der Waals surface area contributed by atoms with Gasteiger partial charge in [-0.25, -0.2) is 13.2 Å². The summed E-state index contributed by atoms with van der Waals surface area (Å²) in [5.41, 5.74) is 4.34. The number of rotatable bonds is 4. The minimum Gasteiger partial charge on any atom is -0.206 e. The molecule has 1 atom stereocenters. The lowest BCUT2D eigenvalue weighted by molar-refractivity contribution is 0.505. The molecule has 0 N–H and O–H groups in total. The maximum Gasteiger partial charge on any atom is 0.166 e. The molecule has 3 aromatic rings. The molecule has 1 unspecified atom stereocenters. The summed E-state index contributed by atoms with van der Waals surface area (Å²) >= 11 is 0. The van der Waals surface area contributed by atoms with Crippen LogP contribution in [0.2, 0.25) is 0 Å². The molecule has 0 aliphatic heterocycles. The summed E-state index contributed by atoms with van der Waals surface area (Å²) in [6, 6.07) is 15.4. The smallest absolute Gasteiger partial charge is 0.166 e. The van der Waals surface area contributed by atoms with Gasteiger partial charge in [-0.15, -0.1) is 0 Å². The van der Waals surface area contributed by atoms with E-state index < -0.39 is 11.6 Å². The van der Waals surface area contributed by atoms with Gasteiger partial charge in [0.15, 0.2) is 11.6 Å². The molecule has 0 aromatic heterocycles. The lowest BCUT2D eigenvalue weighted by Gasteiger charge is -2.20. The van der Waals surface area contributed by atoms with Crippen LogP contribution in [-0.2, 0) is 0 Å². The van der Waals surface area contributed by atoms with Gasteiger partial charge in [-0.2, -0.15) is 0 Å². The van der Waals surface area contributed by atoms with Crippen molar-refractivity contribution in [1.29, 1.82) is 0 Å². The molecule has 0 saturated heterocycles. The molecule has 4 rings (SSSR count). The van der Waals surface area contributed by atoms with Crippen molar-refractivity contribution in [1.82, 2.24) is 0 Å². The molecule has 1 aliphatic carbocycles. The van der Waals surface area contributed by atoms with E-state index in [1.54, 1.807) is 48.5 Å². The van der Waals surface area contributed by atoms with Crippen LogP contribution in [-0.4, -0.2) is 0 Å². The van der Waals surface area contributed by atoms with Crippen LogP contribution in [0.1, 0.15) is 37.3 Å². The Morgan fingerprint density at radius 3 is 2.06 bits per heavy atom. The number of hydrogen-bond donors (Lipinski definition) is 0. The van der Waals surface area contributed by atoms with Gasteiger partial charge in [-0.05, 0) is 72.9 Å². The van der Waals surface area contributed by atoms with Crippen molar-refractivity contribution in [2.24, 2.45) is 5.92 Å². The van der Waals surface area contributed by atoms with Gasteiger partial charge in [0, 0.05) is 11.1 Å². The summed E-state index contributed by atoms with van der Waals surface area (Å²) in [6.07, 6.45) is 9.55. The minimum atomic E-state index is -0.860. The van der Waals surface area contributed by atoms with E-state index in [-0.39, 0.29) is 16.9 Å². The maximum atomic E-state index is 14.9. The quantitative estimate of drug-likeness (QED) is 0.373. The van der Waals surface area contributed by atoms with Gasteiger partial charge >= 0.3 is 0 Å². The lowest BCUT2D eigenvalue weighted by atomic mass is 9.86. The van der Waals surface area contributed by atoms with Crippen molar-refractivity contribution >= 4 is 5.57 Å². The van der Waals surface area contributed by atoms with Crippen molar-refractivity contribution in [2.45, 2.75) is 33.1 Å². The Hall–Kier alpha value is -3.07. The van der Waals surface area contributed by atoms with Gasteiger partial charge in [-0.3, -0.25) is 0 Å². The molecule has 3 heteroatoms. The molecule has 0 saturated carbocycles. The molecule has 0 spiro atoms. The summed E-state index contributed by atoms with van der Waals surface area (Å²) < 4.78 is 43.1. The molecule has 31 heavy (non-hydrogen) atoms. The second-order valence-corrected chi connectivity index (χ2v) is 8.12. The molecule has 0 heterocycles. The third kappa shape index (κ3) is 4.36. The Kier molecular flexibility index (Phi) is 6.13. The van der Waals surface area contributed by atoms with E-state index in [1.165, 1.54) is 12.5 Å². The Bertz CT molecular complexity index is 1150. The fourth-order valence-electron chi connectivity index (χ4n) is 4.21. The second-order valence-electron chi connectivity index (χ2n) is 8.12. The molecule has 0 fully saturated rings. The highest BCUT2D eigenvalue weighted by Crippen LogP contribution is 2.34. The van der Waals surface area contributed by atoms with Crippen LogP contribution < -0.4 is 0 Å². The van der Waals surface area contributed by atoms with Crippen LogP contribution in [0.15, 0.2) is 72.8 Å². The number of hydrogen-bond acceptors (Lipinski definition) is 0. The molecular formula is C28H25F3. The molecule has 1 aliphatic rings. The predicted octanol–water partition coefficient (Wildman–Crippen LogP) is 8.51. The number of aryl methyl sites for hydroxylation is 1. The Labute approximate surface area is 181 Å². The second kappa shape index (κ2) is 8.97. The summed E-state index contributed by atoms with van der Waals surface area (Å²) in [4.78, 5) is 0. The third-order valence-corrected chi connectivity index (χ3v) is 6.04. The van der Waals surface area contributed by atoms with Crippen molar-refractivity contribution in [3.63, 3.8) is 0 Å². The van der Waals surface area contributed by atoms with E-state index in [0.717, 1.165) is 24.8 Å². The highest BCUT2D eigenvalue weighted by atomic mass is 19.2. The minimum absolute atomic E-state index is 0.200. The zero-order valence-electron chi connectivity index (χ0n) is 17.8. The SMILES string of the molecule is CC=CC1CC=C(c2ccc(-c3ccc(-c4ccc(C)c(F)c4F)cc3)c(F)c2)CC1. The zero-order valence-corrected chi connectivity index (χ0v) is 17.8. The monoisotopic (exact) mass is 418 g/mol. The summed E-state index contributed by atoms with van der Waals surface area (Å²) in [7, 11) is 0. The van der Waals surface area contributed by atoms with Crippen molar-refractivity contribution in [2.75, 3.05) is 0 Å². The fourth-order valence-corrected chi connectivity index (χ4v) is 4.21. The highest BCUT2D eigenvalue weighted by molar-refractivity contribution is 5.74. The van der Waals surface area contributed by atoms with Crippen LogP contribution >= 0.6 is 0 Å². The summed E-state index contributed by atoms with van der Waals surface area (Å²) in [6.45, 7) is 3.57. The summed E-state index contributed by atoms with van der Waals surface area (Å²) in [5, 5.41) is 0. The normalized spacial score (nSPS) is 16.5. The van der Waals surface area contributed by atoms with Crippen LogP contribution in [0.3, 0.4) is 0 Å². The molecule has 0 radical (unpaired) electrons. The van der Waals surface area contributed by atoms with E-state index in [2.05, 4.69) is 18.2 Å². The predicted molar refractivity (Wildman–Crippen MR) is 122 cm³/mol. The van der Waals surface area contributed by atoms with Crippen LogP contribution in [0, 0.1) is 30.3 Å². The molecule has 3 aromatic carbocycles. The summed E-state index contributed by atoms with van der Waals surface area (Å²) in [5.74, 6) is -1.41. The van der Waals surface area contributed by atoms with E-state index in [4.69, 9.17) is 0 Å². The van der Waals surface area contributed by atoms with E-state index in [9.17, 15) is 13.2 Å². The van der Waals surface area contributed by atoms with Crippen molar-refractivity contribution in [3.8, 4) is 22.3 Å². The van der Waals surface area contributed by atoms with Crippen molar-refractivity contribution < 1.29 is 13.2 Å². The first kappa shape index (κ1) is 21.2. The molecule has 158 valence electrons. The largest absolute Gasteiger partial charge is 0.206 e. The van der Waals surface area contributed by atoms with E-state index >= 15 is 0 Å². The topological polar surface area (TPSA) is 0 Å². The van der Waals surface area contributed by atoms with Gasteiger partial charge < -0.3 is 0 Å². The average Bonchev–Trinajstić information content (AvgIpc) is 2.79. The van der Waals surface area contributed by atoms with Gasteiger partial charge in [0.2, 0.25) is 0 Å². The van der Waals surface area contributed by atoms with Gasteiger partial charge in [0.05, 0.1) is 0 Å². The highest BCUT2D eigenvalue weighted by Gasteiger charge is 2.16. The molecule has 0 nitrogen and oxygen atoms in total. The molecule has 0 amide bonds. The van der Waals surface area contributed by atoms with Crippen LogP contribution in [0.4, 0.5) is 13.2 Å². The third-order valence-electron chi connectivity index (χ3n) is 6.04. The first-order chi connectivity index (χ1) is 15.0. The number of benzene rings is 3. The Balaban J connectivity index is 1.58. The Morgan fingerprint density at radius 1 is 0.806 bits per heavy atom. The fraction of sp³-hybridized carbons (Fsp3) is 0.214. The van der Waals surface area contributed by atoms with Crippen molar-refractivity contribution in [3.05, 3.63) is 101 Å². The van der Waals surface area contributed by atoms with Gasteiger partial charge in [0.1, 0.15) is 5.82 Å². The zero-order chi connectivity index (χ0) is 22.0. The number of allylic oxidation sites excluding steroid dienone is 4. The first-order valence-electron chi connectivity index (χ1n) is 10.6. The van der Waals surface area contributed by atoms with E-state index in [1.807, 2.05) is 13.0 Å². The van der Waals surface area contributed by atoms with Gasteiger partial charge in [0.25, 0.3) is 0 Å². The van der Waals surface area contributed by atoms with Crippen LogP contribution in [0.25, 0.3) is 27.8 Å². The van der Waals surface area contributed by atoms with Gasteiger partial charge in [-0.1, -0.05) is 66.8 Å².